The first-order valence-electron chi connectivity index (χ1n) is 7.87. The van der Waals surface area contributed by atoms with E-state index in [1.165, 1.54) is 16.9 Å². The van der Waals surface area contributed by atoms with Crippen molar-refractivity contribution in [3.63, 3.8) is 0 Å². The Balaban J connectivity index is 1.95. The summed E-state index contributed by atoms with van der Waals surface area (Å²) in [4.78, 5) is 12.7. The van der Waals surface area contributed by atoms with Crippen LogP contribution in [0.4, 0.5) is 10.1 Å². The fraction of sp³-hybridized carbons (Fsp3) is 0.158. The van der Waals surface area contributed by atoms with Crippen LogP contribution in [-0.4, -0.2) is 22.8 Å². The summed E-state index contributed by atoms with van der Waals surface area (Å²) in [6, 6.07) is 9.94. The number of aromatic nitrogens is 2. The molecule has 2 aromatic carbocycles. The summed E-state index contributed by atoms with van der Waals surface area (Å²) in [5, 5.41) is 7.03. The lowest BCUT2D eigenvalue weighted by Gasteiger charge is -2.13. The third-order valence-corrected chi connectivity index (χ3v) is 4.52. The molecule has 26 heavy (non-hydrogen) atoms. The van der Waals surface area contributed by atoms with Crippen molar-refractivity contribution < 1.29 is 13.9 Å². The highest BCUT2D eigenvalue weighted by atomic mass is 79.9. The highest BCUT2D eigenvalue weighted by Gasteiger charge is 2.19. The Kier molecular flexibility index (Phi) is 5.08. The van der Waals surface area contributed by atoms with E-state index in [-0.39, 0.29) is 5.91 Å². The molecule has 5 nitrogen and oxygen atoms in total. The lowest BCUT2D eigenvalue weighted by molar-refractivity contribution is 0.102. The van der Waals surface area contributed by atoms with E-state index in [1.54, 1.807) is 38.3 Å². The van der Waals surface area contributed by atoms with Crippen LogP contribution in [0.15, 0.2) is 47.1 Å². The number of nitrogens with one attached hydrogen (secondary N) is 1. The number of nitrogens with zero attached hydrogens (tertiary/aromatic N) is 2. The van der Waals surface area contributed by atoms with Gasteiger partial charge in [0.15, 0.2) is 0 Å². The van der Waals surface area contributed by atoms with Crippen LogP contribution in [-0.2, 0) is 0 Å². The number of carbonyl (C=O) groups is 1. The topological polar surface area (TPSA) is 56.1 Å². The number of para-hydroxylation sites is 1. The van der Waals surface area contributed by atoms with Crippen molar-refractivity contribution in [3.8, 4) is 11.4 Å². The third kappa shape index (κ3) is 3.35. The Hall–Kier alpha value is -2.67. The Morgan fingerprint density at radius 1 is 1.27 bits per heavy atom. The Labute approximate surface area is 158 Å². The quantitative estimate of drug-likeness (QED) is 0.671. The number of aryl methyl sites for hydroxylation is 1. The molecule has 0 saturated carbocycles. The lowest BCUT2D eigenvalue weighted by Crippen LogP contribution is -2.15. The van der Waals surface area contributed by atoms with Crippen LogP contribution in [0.5, 0.6) is 5.75 Å². The number of anilines is 1. The van der Waals surface area contributed by atoms with Gasteiger partial charge in [0.05, 0.1) is 30.3 Å². The molecule has 0 unspecified atom stereocenters. The van der Waals surface area contributed by atoms with Crippen molar-refractivity contribution in [3.05, 3.63) is 69.7 Å². The van der Waals surface area contributed by atoms with Crippen LogP contribution in [0.25, 0.3) is 5.69 Å². The molecule has 1 aromatic heterocycles. The summed E-state index contributed by atoms with van der Waals surface area (Å²) in [5.41, 5.74) is 2.63. The van der Waals surface area contributed by atoms with Crippen molar-refractivity contribution in [2.45, 2.75) is 13.8 Å². The Morgan fingerprint density at radius 2 is 2.00 bits per heavy atom. The molecule has 0 saturated heterocycles. The van der Waals surface area contributed by atoms with E-state index >= 15 is 0 Å². The van der Waals surface area contributed by atoms with Gasteiger partial charge < -0.3 is 10.1 Å². The van der Waals surface area contributed by atoms with Crippen LogP contribution in [0.1, 0.15) is 21.6 Å². The first kappa shape index (κ1) is 18.1. The van der Waals surface area contributed by atoms with E-state index in [1.807, 2.05) is 13.0 Å². The van der Waals surface area contributed by atoms with Gasteiger partial charge in [-0.3, -0.25) is 4.79 Å². The summed E-state index contributed by atoms with van der Waals surface area (Å²) < 4.78 is 21.6. The molecule has 0 atom stereocenters. The van der Waals surface area contributed by atoms with Crippen molar-refractivity contribution >= 4 is 27.5 Å². The van der Waals surface area contributed by atoms with Gasteiger partial charge in [0.25, 0.3) is 5.91 Å². The number of carbonyl (C=O) groups excluding carboxylic acids is 1. The molecule has 0 radical (unpaired) electrons. The minimum Gasteiger partial charge on any atom is -0.495 e. The second-order valence-corrected chi connectivity index (χ2v) is 6.68. The molecule has 3 rings (SSSR count). The smallest absolute Gasteiger partial charge is 0.259 e. The number of benzene rings is 2. The molecule has 0 aliphatic heterocycles. The largest absolute Gasteiger partial charge is 0.495 e. The average Bonchev–Trinajstić information content (AvgIpc) is 2.98. The summed E-state index contributed by atoms with van der Waals surface area (Å²) in [5.74, 6) is -0.200. The van der Waals surface area contributed by atoms with Crippen LogP contribution < -0.4 is 10.1 Å². The lowest BCUT2D eigenvalue weighted by atomic mass is 10.1. The number of rotatable bonds is 4. The predicted molar refractivity (Wildman–Crippen MR) is 102 cm³/mol. The highest BCUT2D eigenvalue weighted by molar-refractivity contribution is 9.10. The van der Waals surface area contributed by atoms with E-state index in [0.717, 1.165) is 10.0 Å². The maximum absolute atomic E-state index is 14.0. The first-order chi connectivity index (χ1) is 12.4. The van der Waals surface area contributed by atoms with E-state index in [4.69, 9.17) is 4.74 Å². The average molecular weight is 418 g/mol. The van der Waals surface area contributed by atoms with Crippen LogP contribution in [0, 0.1) is 19.7 Å². The summed E-state index contributed by atoms with van der Waals surface area (Å²) in [6.45, 7) is 3.60. The Bertz CT molecular complexity index is 985. The fourth-order valence-electron chi connectivity index (χ4n) is 2.71. The molecule has 1 N–H and O–H groups in total. The van der Waals surface area contributed by atoms with E-state index < -0.39 is 5.82 Å². The van der Waals surface area contributed by atoms with Gasteiger partial charge in [0.2, 0.25) is 0 Å². The van der Waals surface area contributed by atoms with Gasteiger partial charge in [-0.05, 0) is 43.7 Å². The zero-order valence-corrected chi connectivity index (χ0v) is 16.1. The molecule has 0 fully saturated rings. The molecule has 1 heterocycles. The van der Waals surface area contributed by atoms with Crippen molar-refractivity contribution in [1.29, 1.82) is 0 Å². The van der Waals surface area contributed by atoms with E-state index in [2.05, 4.69) is 26.3 Å². The summed E-state index contributed by atoms with van der Waals surface area (Å²) >= 11 is 3.41. The predicted octanol–water partition coefficient (Wildman–Crippen LogP) is 4.65. The highest BCUT2D eigenvalue weighted by Crippen LogP contribution is 2.32. The standard InChI is InChI=1S/C19H17BrFN3O2/c1-11-8-13(20)9-17(26-3)18(11)23-19(25)14-10-22-24(12(14)2)16-7-5-4-6-15(16)21/h4-10H,1-3H3,(H,23,25). The SMILES string of the molecule is COc1cc(Br)cc(C)c1NC(=O)c1cnn(-c2ccccc2F)c1C. The minimum absolute atomic E-state index is 0.293. The zero-order chi connectivity index (χ0) is 18.8. The molecule has 0 aliphatic rings. The molecular formula is C19H17BrFN3O2. The van der Waals surface area contributed by atoms with Gasteiger partial charge >= 0.3 is 0 Å². The van der Waals surface area contributed by atoms with Gasteiger partial charge in [-0.25, -0.2) is 9.07 Å². The van der Waals surface area contributed by atoms with Gasteiger partial charge in [0.1, 0.15) is 17.3 Å². The molecule has 0 bridgehead atoms. The number of hydrogen-bond acceptors (Lipinski definition) is 3. The molecule has 134 valence electrons. The van der Waals surface area contributed by atoms with Crippen LogP contribution in [0.2, 0.25) is 0 Å². The van der Waals surface area contributed by atoms with Crippen LogP contribution in [0.3, 0.4) is 0 Å². The first-order valence-corrected chi connectivity index (χ1v) is 8.66. The number of amides is 1. The van der Waals surface area contributed by atoms with Crippen molar-refractivity contribution in [1.82, 2.24) is 9.78 Å². The minimum atomic E-state index is -0.406. The molecule has 1 amide bonds. The maximum Gasteiger partial charge on any atom is 0.259 e. The number of halogens is 2. The molecule has 7 heteroatoms. The van der Waals surface area contributed by atoms with Gasteiger partial charge in [0, 0.05) is 4.47 Å². The number of hydrogen-bond donors (Lipinski definition) is 1. The van der Waals surface area contributed by atoms with E-state index in [9.17, 15) is 9.18 Å². The van der Waals surface area contributed by atoms with Gasteiger partial charge in [-0.1, -0.05) is 28.1 Å². The summed E-state index contributed by atoms with van der Waals surface area (Å²) in [7, 11) is 1.54. The normalized spacial score (nSPS) is 10.7. The molecule has 0 spiro atoms. The van der Waals surface area contributed by atoms with Gasteiger partial charge in [-0.15, -0.1) is 0 Å². The second-order valence-electron chi connectivity index (χ2n) is 5.76. The second kappa shape index (κ2) is 7.29. The molecule has 3 aromatic rings. The number of ether oxygens (including phenoxy) is 1. The van der Waals surface area contributed by atoms with E-state index in [0.29, 0.717) is 28.4 Å². The van der Waals surface area contributed by atoms with Crippen molar-refractivity contribution in [2.75, 3.05) is 12.4 Å². The maximum atomic E-state index is 14.0. The monoisotopic (exact) mass is 417 g/mol. The Morgan fingerprint density at radius 3 is 2.69 bits per heavy atom. The van der Waals surface area contributed by atoms with Gasteiger partial charge in [-0.2, -0.15) is 5.10 Å². The summed E-state index contributed by atoms with van der Waals surface area (Å²) in [6.07, 6.45) is 1.43. The van der Waals surface area contributed by atoms with Crippen molar-refractivity contribution in [2.24, 2.45) is 0 Å². The van der Waals surface area contributed by atoms with Crippen LogP contribution >= 0.6 is 15.9 Å². The number of methoxy groups -OCH3 is 1. The zero-order valence-electron chi connectivity index (χ0n) is 14.5. The molecule has 0 aliphatic carbocycles. The molecular weight excluding hydrogens is 401 g/mol. The third-order valence-electron chi connectivity index (χ3n) is 4.06. The fourth-order valence-corrected chi connectivity index (χ4v) is 3.26.